The molecular formula is C63H36N4O. The van der Waals surface area contributed by atoms with E-state index in [2.05, 4.69) is 223 Å². The predicted octanol–water partition coefficient (Wildman–Crippen LogP) is 16.8. The molecule has 314 valence electrons. The SMILES string of the molecule is c1ccc2cc3c(cc2c1)c1ccccc1n3-c1cc2oc3ccc4ccccc4c3c2cc1-c1nc(-c2cc3ccccc3c3ccccc23)nc(-c2cc3ccccc3c3ccccc23)n1. The number of fused-ring (bicyclic) bond motifs is 15. The Balaban J connectivity index is 1.12. The fourth-order valence-electron chi connectivity index (χ4n) is 11.1. The molecule has 3 aromatic heterocycles. The minimum atomic E-state index is 0.567. The standard InChI is InChI=1S/C63H36N4O/c1-2-17-39-34-56-50(31-38(39)16-1)49-27-13-14-28-55(49)67(56)57-36-59-54(60-44-22-8-3-15-37(44)29-30-58(60)68-59)35-53(57)63-65-61(51-32-40-18-4-6-20-42(40)45-23-9-11-25-47(45)51)64-62(66-63)52-33-41-19-5-7-21-43(41)46-24-10-12-26-48(46)52/h1-36H. The van der Waals surface area contributed by atoms with Gasteiger partial charge in [0.05, 0.1) is 16.7 Å². The van der Waals surface area contributed by atoms with Crippen molar-refractivity contribution in [2.75, 3.05) is 0 Å². The summed E-state index contributed by atoms with van der Waals surface area (Å²) in [5, 5.41) is 18.1. The summed E-state index contributed by atoms with van der Waals surface area (Å²) in [5.74, 6) is 1.77. The molecule has 68 heavy (non-hydrogen) atoms. The van der Waals surface area contributed by atoms with Crippen molar-refractivity contribution in [2.45, 2.75) is 0 Å². The molecule has 0 saturated carbocycles. The molecule has 5 nitrogen and oxygen atoms in total. The van der Waals surface area contributed by atoms with Crippen LogP contribution >= 0.6 is 0 Å². The molecule has 15 aromatic rings. The van der Waals surface area contributed by atoms with Gasteiger partial charge in [-0.15, -0.1) is 0 Å². The Bertz CT molecular complexity index is 4500. The van der Waals surface area contributed by atoms with Crippen molar-refractivity contribution in [1.29, 1.82) is 0 Å². The van der Waals surface area contributed by atoms with Gasteiger partial charge in [0.1, 0.15) is 11.2 Å². The molecule has 0 atom stereocenters. The van der Waals surface area contributed by atoms with Crippen LogP contribution in [0.25, 0.3) is 148 Å². The molecule has 0 unspecified atom stereocenters. The number of hydrogen-bond acceptors (Lipinski definition) is 4. The molecule has 0 aliphatic heterocycles. The number of nitrogens with zero attached hydrogens (tertiary/aromatic N) is 4. The fraction of sp³-hybridized carbons (Fsp3) is 0. The Kier molecular flexibility index (Phi) is 7.72. The molecule has 0 N–H and O–H groups in total. The fourth-order valence-corrected chi connectivity index (χ4v) is 11.1. The number of aromatic nitrogens is 4. The van der Waals surface area contributed by atoms with Crippen molar-refractivity contribution in [2.24, 2.45) is 0 Å². The number of para-hydroxylation sites is 1. The van der Waals surface area contributed by atoms with Gasteiger partial charge in [-0.2, -0.15) is 0 Å². The second-order valence-corrected chi connectivity index (χ2v) is 17.9. The maximum absolute atomic E-state index is 6.88. The summed E-state index contributed by atoms with van der Waals surface area (Å²) in [4.78, 5) is 16.8. The number of benzene rings is 12. The average molecular weight is 865 g/mol. The quantitative estimate of drug-likeness (QED) is 0.165. The predicted molar refractivity (Wildman–Crippen MR) is 283 cm³/mol. The highest BCUT2D eigenvalue weighted by atomic mass is 16.3. The Labute approximate surface area is 388 Å². The lowest BCUT2D eigenvalue weighted by atomic mass is 9.96. The molecule has 15 rings (SSSR count). The molecule has 0 amide bonds. The molecule has 0 aliphatic carbocycles. The van der Waals surface area contributed by atoms with Gasteiger partial charge in [0, 0.05) is 44.3 Å². The van der Waals surface area contributed by atoms with Crippen LogP contribution in [-0.4, -0.2) is 19.5 Å². The van der Waals surface area contributed by atoms with Crippen molar-refractivity contribution >= 4 is 108 Å². The van der Waals surface area contributed by atoms with Crippen LogP contribution < -0.4 is 0 Å². The van der Waals surface area contributed by atoms with E-state index in [0.29, 0.717) is 17.5 Å². The third-order valence-electron chi connectivity index (χ3n) is 14.2. The molecule has 0 saturated heterocycles. The minimum absolute atomic E-state index is 0.567. The first kappa shape index (κ1) is 37.1. The third kappa shape index (κ3) is 5.41. The second kappa shape index (κ2) is 14.2. The van der Waals surface area contributed by atoms with E-state index in [1.165, 1.54) is 21.5 Å². The van der Waals surface area contributed by atoms with Gasteiger partial charge < -0.3 is 8.98 Å². The van der Waals surface area contributed by atoms with E-state index >= 15 is 0 Å². The summed E-state index contributed by atoms with van der Waals surface area (Å²) in [5.41, 5.74) is 7.45. The van der Waals surface area contributed by atoms with Crippen molar-refractivity contribution in [3.63, 3.8) is 0 Å². The van der Waals surface area contributed by atoms with Crippen LogP contribution in [0.1, 0.15) is 0 Å². The molecular weight excluding hydrogens is 829 g/mol. The van der Waals surface area contributed by atoms with E-state index in [-0.39, 0.29) is 0 Å². The summed E-state index contributed by atoms with van der Waals surface area (Å²) >= 11 is 0. The molecule has 0 radical (unpaired) electrons. The lowest BCUT2D eigenvalue weighted by Gasteiger charge is -2.17. The van der Waals surface area contributed by atoms with Crippen molar-refractivity contribution in [1.82, 2.24) is 19.5 Å². The zero-order valence-corrected chi connectivity index (χ0v) is 36.5. The summed E-state index contributed by atoms with van der Waals surface area (Å²) in [6.07, 6.45) is 0. The van der Waals surface area contributed by atoms with Gasteiger partial charge in [0.15, 0.2) is 17.5 Å². The van der Waals surface area contributed by atoms with E-state index in [9.17, 15) is 0 Å². The summed E-state index contributed by atoms with van der Waals surface area (Å²) in [7, 11) is 0. The smallest absolute Gasteiger partial charge is 0.166 e. The molecule has 5 heteroatoms. The average Bonchev–Trinajstić information content (AvgIpc) is 3.94. The summed E-state index contributed by atoms with van der Waals surface area (Å²) in [6, 6.07) is 78.1. The minimum Gasteiger partial charge on any atom is -0.456 e. The van der Waals surface area contributed by atoms with Crippen LogP contribution in [0.5, 0.6) is 0 Å². The van der Waals surface area contributed by atoms with Crippen LogP contribution in [0.3, 0.4) is 0 Å². The van der Waals surface area contributed by atoms with Gasteiger partial charge in [-0.1, -0.05) is 170 Å². The van der Waals surface area contributed by atoms with Gasteiger partial charge in [-0.3, -0.25) is 0 Å². The Morgan fingerprint density at radius 2 is 0.765 bits per heavy atom. The topological polar surface area (TPSA) is 56.7 Å². The molecule has 3 heterocycles. The van der Waals surface area contributed by atoms with Gasteiger partial charge in [0.2, 0.25) is 0 Å². The highest BCUT2D eigenvalue weighted by molar-refractivity contribution is 6.21. The Morgan fingerprint density at radius 1 is 0.279 bits per heavy atom. The van der Waals surface area contributed by atoms with Crippen LogP contribution in [-0.2, 0) is 0 Å². The zero-order valence-electron chi connectivity index (χ0n) is 36.5. The van der Waals surface area contributed by atoms with Crippen molar-refractivity contribution < 1.29 is 4.42 Å². The van der Waals surface area contributed by atoms with E-state index in [4.69, 9.17) is 19.4 Å². The van der Waals surface area contributed by atoms with E-state index < -0.39 is 0 Å². The second-order valence-electron chi connectivity index (χ2n) is 17.9. The molecule has 0 fully saturated rings. The van der Waals surface area contributed by atoms with Crippen LogP contribution in [0.15, 0.2) is 223 Å². The Hall–Kier alpha value is -9.19. The van der Waals surface area contributed by atoms with Gasteiger partial charge >= 0.3 is 0 Å². The monoisotopic (exact) mass is 864 g/mol. The summed E-state index contributed by atoms with van der Waals surface area (Å²) in [6.45, 7) is 0. The van der Waals surface area contributed by atoms with Crippen molar-refractivity contribution in [3.05, 3.63) is 218 Å². The van der Waals surface area contributed by atoms with Crippen molar-refractivity contribution in [3.8, 4) is 39.9 Å². The Morgan fingerprint density at radius 3 is 1.40 bits per heavy atom. The molecule has 0 bridgehead atoms. The highest BCUT2D eigenvalue weighted by Gasteiger charge is 2.25. The molecule has 0 spiro atoms. The largest absolute Gasteiger partial charge is 0.456 e. The van der Waals surface area contributed by atoms with Gasteiger partial charge in [-0.25, -0.2) is 15.0 Å². The van der Waals surface area contributed by atoms with E-state index in [1.54, 1.807) is 0 Å². The lowest BCUT2D eigenvalue weighted by Crippen LogP contribution is -2.04. The lowest BCUT2D eigenvalue weighted by molar-refractivity contribution is 0.669. The van der Waals surface area contributed by atoms with Crippen LogP contribution in [0.4, 0.5) is 0 Å². The normalized spacial score (nSPS) is 12.1. The maximum atomic E-state index is 6.88. The van der Waals surface area contributed by atoms with E-state index in [0.717, 1.165) is 109 Å². The molecule has 0 aliphatic rings. The zero-order chi connectivity index (χ0) is 44.5. The first-order valence-corrected chi connectivity index (χ1v) is 23.1. The number of furan rings is 1. The molecule has 12 aromatic carbocycles. The first-order chi connectivity index (χ1) is 33.7. The van der Waals surface area contributed by atoms with Gasteiger partial charge in [-0.05, 0) is 107 Å². The van der Waals surface area contributed by atoms with Crippen LogP contribution in [0.2, 0.25) is 0 Å². The number of rotatable bonds is 4. The number of hydrogen-bond donors (Lipinski definition) is 0. The van der Waals surface area contributed by atoms with E-state index in [1.807, 2.05) is 0 Å². The first-order valence-electron chi connectivity index (χ1n) is 23.1. The maximum Gasteiger partial charge on any atom is 0.166 e. The van der Waals surface area contributed by atoms with Crippen LogP contribution in [0, 0.1) is 0 Å². The van der Waals surface area contributed by atoms with Gasteiger partial charge in [0.25, 0.3) is 0 Å². The summed E-state index contributed by atoms with van der Waals surface area (Å²) < 4.78 is 9.27. The third-order valence-corrected chi connectivity index (χ3v) is 14.2. The highest BCUT2D eigenvalue weighted by Crippen LogP contribution is 2.44.